The van der Waals surface area contributed by atoms with E-state index in [2.05, 4.69) is 20.5 Å². The van der Waals surface area contributed by atoms with Gasteiger partial charge in [0.2, 0.25) is 0 Å². The van der Waals surface area contributed by atoms with Gasteiger partial charge < -0.3 is 4.57 Å². The number of benzene rings is 2. The highest BCUT2D eigenvalue weighted by molar-refractivity contribution is 9.10. The Morgan fingerprint density at radius 3 is 2.74 bits per heavy atom. The third-order valence-electron chi connectivity index (χ3n) is 3.01. The lowest BCUT2D eigenvalue weighted by Crippen LogP contribution is -1.98. The van der Waals surface area contributed by atoms with Gasteiger partial charge in [-0.1, -0.05) is 33.6 Å². The van der Waals surface area contributed by atoms with E-state index >= 15 is 0 Å². The molecule has 1 aromatic heterocycles. The lowest BCUT2D eigenvalue weighted by atomic mass is 10.2. The number of hydrogen-bond donors (Lipinski definition) is 0. The maximum Gasteiger partial charge on any atom is 0.124 e. The molecule has 0 bridgehead atoms. The van der Waals surface area contributed by atoms with Crippen LogP contribution in [0.4, 0.5) is 4.39 Å². The number of fused-ring (bicyclic) bond motifs is 1. The standard InChI is InChI=1S/C15H10BrClFN/c16-12-5-10(6-14(18)7-12)9-19-4-3-11-1-2-13(17)8-15(11)19/h1-8H,9H2. The molecule has 96 valence electrons. The number of rotatable bonds is 2. The van der Waals surface area contributed by atoms with Crippen LogP contribution in [0, 0.1) is 5.82 Å². The first-order chi connectivity index (χ1) is 9.11. The molecule has 0 N–H and O–H groups in total. The van der Waals surface area contributed by atoms with Crippen LogP contribution in [0.25, 0.3) is 10.9 Å². The molecule has 0 fully saturated rings. The maximum absolute atomic E-state index is 13.4. The van der Waals surface area contributed by atoms with Crippen LogP contribution in [0.1, 0.15) is 5.56 Å². The summed E-state index contributed by atoms with van der Waals surface area (Å²) in [5, 5.41) is 1.83. The third-order valence-corrected chi connectivity index (χ3v) is 3.70. The predicted molar refractivity (Wildman–Crippen MR) is 80.2 cm³/mol. The van der Waals surface area contributed by atoms with Crippen molar-refractivity contribution < 1.29 is 4.39 Å². The molecule has 19 heavy (non-hydrogen) atoms. The van der Waals surface area contributed by atoms with Gasteiger partial charge in [0.05, 0.1) is 0 Å². The van der Waals surface area contributed by atoms with Gasteiger partial charge in [-0.2, -0.15) is 0 Å². The van der Waals surface area contributed by atoms with E-state index in [1.165, 1.54) is 6.07 Å². The number of hydrogen-bond acceptors (Lipinski definition) is 0. The van der Waals surface area contributed by atoms with E-state index in [4.69, 9.17) is 11.6 Å². The second kappa shape index (κ2) is 4.99. The van der Waals surface area contributed by atoms with Crippen LogP contribution in [0.5, 0.6) is 0 Å². The topological polar surface area (TPSA) is 4.93 Å². The van der Waals surface area contributed by atoms with E-state index in [-0.39, 0.29) is 5.82 Å². The average molecular weight is 339 g/mol. The van der Waals surface area contributed by atoms with Crippen molar-refractivity contribution in [1.82, 2.24) is 4.57 Å². The van der Waals surface area contributed by atoms with Crippen molar-refractivity contribution in [2.24, 2.45) is 0 Å². The van der Waals surface area contributed by atoms with Crippen LogP contribution in [0.3, 0.4) is 0 Å². The first kappa shape index (κ1) is 12.7. The molecule has 3 aromatic rings. The summed E-state index contributed by atoms with van der Waals surface area (Å²) in [6.45, 7) is 0.611. The Hall–Kier alpha value is -1.32. The summed E-state index contributed by atoms with van der Waals surface area (Å²) in [6, 6.07) is 12.7. The molecule has 0 amide bonds. The Bertz CT molecular complexity index is 731. The predicted octanol–water partition coefficient (Wildman–Crippen LogP) is 5.24. The molecule has 0 spiro atoms. The molecule has 1 nitrogen and oxygen atoms in total. The summed E-state index contributed by atoms with van der Waals surface area (Å²) < 4.78 is 16.2. The Balaban J connectivity index is 2.03. The zero-order chi connectivity index (χ0) is 13.4. The van der Waals surface area contributed by atoms with Gasteiger partial charge in [-0.15, -0.1) is 0 Å². The number of nitrogens with zero attached hydrogens (tertiary/aromatic N) is 1. The van der Waals surface area contributed by atoms with Gasteiger partial charge in [-0.3, -0.25) is 0 Å². The fraction of sp³-hybridized carbons (Fsp3) is 0.0667. The van der Waals surface area contributed by atoms with Gasteiger partial charge >= 0.3 is 0 Å². The van der Waals surface area contributed by atoms with Crippen molar-refractivity contribution in [3.8, 4) is 0 Å². The Labute approximate surface area is 123 Å². The first-order valence-electron chi connectivity index (χ1n) is 5.81. The highest BCUT2D eigenvalue weighted by atomic mass is 79.9. The Morgan fingerprint density at radius 2 is 1.95 bits per heavy atom. The van der Waals surface area contributed by atoms with E-state index < -0.39 is 0 Å². The van der Waals surface area contributed by atoms with Crippen molar-refractivity contribution in [2.75, 3.05) is 0 Å². The van der Waals surface area contributed by atoms with Crippen LogP contribution in [-0.2, 0) is 6.54 Å². The highest BCUT2D eigenvalue weighted by Gasteiger charge is 2.04. The summed E-state index contributed by atoms with van der Waals surface area (Å²) in [6.07, 6.45) is 1.99. The van der Waals surface area contributed by atoms with E-state index in [1.807, 2.05) is 36.5 Å². The molecule has 0 atom stereocenters. The lowest BCUT2D eigenvalue weighted by molar-refractivity contribution is 0.623. The van der Waals surface area contributed by atoms with Gasteiger partial charge in [0.25, 0.3) is 0 Å². The van der Waals surface area contributed by atoms with E-state index in [0.29, 0.717) is 11.6 Å². The normalized spacial score (nSPS) is 11.1. The van der Waals surface area contributed by atoms with Gasteiger partial charge in [0, 0.05) is 27.8 Å². The second-order valence-electron chi connectivity index (χ2n) is 4.42. The average Bonchev–Trinajstić information content (AvgIpc) is 2.70. The maximum atomic E-state index is 13.4. The minimum absolute atomic E-state index is 0.237. The summed E-state index contributed by atoms with van der Waals surface area (Å²) >= 11 is 9.33. The summed E-state index contributed by atoms with van der Waals surface area (Å²) in [4.78, 5) is 0. The fourth-order valence-corrected chi connectivity index (χ4v) is 2.87. The largest absolute Gasteiger partial charge is 0.343 e. The van der Waals surface area contributed by atoms with Crippen LogP contribution in [0.2, 0.25) is 5.02 Å². The fourth-order valence-electron chi connectivity index (χ4n) is 2.19. The van der Waals surface area contributed by atoms with Crippen molar-refractivity contribution in [2.45, 2.75) is 6.54 Å². The van der Waals surface area contributed by atoms with Gasteiger partial charge in [-0.25, -0.2) is 4.39 Å². The molecular formula is C15H10BrClFN. The first-order valence-corrected chi connectivity index (χ1v) is 6.98. The molecule has 2 aromatic carbocycles. The summed E-state index contributed by atoms with van der Waals surface area (Å²) in [7, 11) is 0. The van der Waals surface area contributed by atoms with Gasteiger partial charge in [-0.05, 0) is 47.3 Å². The lowest BCUT2D eigenvalue weighted by Gasteiger charge is -2.07. The monoisotopic (exact) mass is 337 g/mol. The molecule has 3 rings (SSSR count). The molecule has 1 heterocycles. The van der Waals surface area contributed by atoms with Crippen LogP contribution >= 0.6 is 27.5 Å². The number of halogens is 3. The van der Waals surface area contributed by atoms with Crippen LogP contribution in [-0.4, -0.2) is 4.57 Å². The summed E-state index contributed by atoms with van der Waals surface area (Å²) in [5.74, 6) is -0.237. The SMILES string of the molecule is Fc1cc(Br)cc(Cn2ccc3ccc(Cl)cc32)c1. The molecule has 0 aliphatic heterocycles. The Kier molecular flexibility index (Phi) is 3.33. The molecule has 0 radical (unpaired) electrons. The second-order valence-corrected chi connectivity index (χ2v) is 5.78. The van der Waals surface area contributed by atoms with Crippen LogP contribution < -0.4 is 0 Å². The minimum Gasteiger partial charge on any atom is -0.343 e. The zero-order valence-electron chi connectivity index (χ0n) is 9.91. The number of aromatic nitrogens is 1. The quantitative estimate of drug-likeness (QED) is 0.602. The molecule has 0 unspecified atom stereocenters. The van der Waals surface area contributed by atoms with Crippen molar-refractivity contribution >= 4 is 38.4 Å². The van der Waals surface area contributed by atoms with E-state index in [0.717, 1.165) is 20.9 Å². The third kappa shape index (κ3) is 2.67. The molecule has 4 heteroatoms. The van der Waals surface area contributed by atoms with E-state index in [1.54, 1.807) is 6.07 Å². The Morgan fingerprint density at radius 1 is 1.11 bits per heavy atom. The molecule has 0 aliphatic rings. The minimum atomic E-state index is -0.237. The van der Waals surface area contributed by atoms with Crippen molar-refractivity contribution in [3.63, 3.8) is 0 Å². The summed E-state index contributed by atoms with van der Waals surface area (Å²) in [5.41, 5.74) is 1.96. The van der Waals surface area contributed by atoms with Crippen molar-refractivity contribution in [1.29, 1.82) is 0 Å². The van der Waals surface area contributed by atoms with Gasteiger partial charge in [0.15, 0.2) is 0 Å². The molecule has 0 saturated heterocycles. The highest BCUT2D eigenvalue weighted by Crippen LogP contribution is 2.22. The molecule has 0 saturated carbocycles. The molecule has 0 aliphatic carbocycles. The van der Waals surface area contributed by atoms with Crippen LogP contribution in [0.15, 0.2) is 53.1 Å². The smallest absolute Gasteiger partial charge is 0.124 e. The zero-order valence-corrected chi connectivity index (χ0v) is 12.2. The van der Waals surface area contributed by atoms with E-state index in [9.17, 15) is 4.39 Å². The van der Waals surface area contributed by atoms with Gasteiger partial charge in [0.1, 0.15) is 5.82 Å². The van der Waals surface area contributed by atoms with Crippen molar-refractivity contribution in [3.05, 3.63) is 69.5 Å². The molecular weight excluding hydrogens is 329 g/mol.